The molecular weight excluding hydrogens is 336 g/mol. The fourth-order valence-corrected chi connectivity index (χ4v) is 2.16. The Morgan fingerprint density at radius 3 is 2.84 bits per heavy atom. The molecule has 19 heavy (non-hydrogen) atoms. The molecule has 0 spiro atoms. The number of fused-ring (bicyclic) bond motifs is 1. The van der Waals surface area contributed by atoms with Gasteiger partial charge in [0.25, 0.3) is 5.91 Å². The summed E-state index contributed by atoms with van der Waals surface area (Å²) in [5.74, 6) is 1.05. The zero-order valence-electron chi connectivity index (χ0n) is 10.4. The van der Waals surface area contributed by atoms with Crippen LogP contribution in [0.4, 0.5) is 0 Å². The van der Waals surface area contributed by atoms with Crippen molar-refractivity contribution in [2.45, 2.75) is 13.0 Å². The van der Waals surface area contributed by atoms with E-state index >= 15 is 0 Å². The van der Waals surface area contributed by atoms with Crippen LogP contribution in [0.15, 0.2) is 16.6 Å². The van der Waals surface area contributed by atoms with E-state index < -0.39 is 0 Å². The molecule has 1 aromatic carbocycles. The Morgan fingerprint density at radius 2 is 2.16 bits per heavy atom. The van der Waals surface area contributed by atoms with E-state index in [2.05, 4.69) is 21.2 Å². The van der Waals surface area contributed by atoms with Gasteiger partial charge in [0.15, 0.2) is 11.5 Å². The number of hydrogen-bond acceptors (Lipinski definition) is 4. The summed E-state index contributed by atoms with van der Waals surface area (Å²) < 4.78 is 11.6. The molecule has 1 atom stereocenters. The summed E-state index contributed by atoms with van der Waals surface area (Å²) in [6.07, 6.45) is 0. The van der Waals surface area contributed by atoms with Gasteiger partial charge < -0.3 is 20.5 Å². The number of nitrogens with two attached hydrogens (primary N) is 1. The first-order valence-electron chi connectivity index (χ1n) is 5.72. The highest BCUT2D eigenvalue weighted by molar-refractivity contribution is 9.10. The number of carbonyl (C=O) groups is 1. The molecule has 0 saturated carbocycles. The molecule has 0 aromatic heterocycles. The largest absolute Gasteiger partial charge is 0.486 e. The predicted octanol–water partition coefficient (Wildman–Crippen LogP) is 1.72. The lowest BCUT2D eigenvalue weighted by atomic mass is 10.1. The van der Waals surface area contributed by atoms with Crippen LogP contribution in [0, 0.1) is 0 Å². The third kappa shape index (κ3) is 3.75. The van der Waals surface area contributed by atoms with E-state index in [9.17, 15) is 4.79 Å². The van der Waals surface area contributed by atoms with Crippen LogP contribution in [-0.4, -0.2) is 31.7 Å². The van der Waals surface area contributed by atoms with Gasteiger partial charge in [-0.05, 0) is 35.0 Å². The van der Waals surface area contributed by atoms with Crippen molar-refractivity contribution in [3.05, 3.63) is 22.2 Å². The van der Waals surface area contributed by atoms with Gasteiger partial charge >= 0.3 is 0 Å². The maximum atomic E-state index is 12.0. The van der Waals surface area contributed by atoms with E-state index in [1.807, 2.05) is 6.92 Å². The van der Waals surface area contributed by atoms with Gasteiger partial charge in [0.05, 0.1) is 4.47 Å². The summed E-state index contributed by atoms with van der Waals surface area (Å²) in [4.78, 5) is 12.0. The molecule has 1 heterocycles. The first-order valence-corrected chi connectivity index (χ1v) is 6.51. The molecule has 5 nitrogen and oxygen atoms in total. The Labute approximate surface area is 126 Å². The average molecular weight is 352 g/mol. The van der Waals surface area contributed by atoms with Crippen molar-refractivity contribution in [1.82, 2.24) is 5.32 Å². The second-order valence-electron chi connectivity index (χ2n) is 4.09. The first kappa shape index (κ1) is 16.1. The van der Waals surface area contributed by atoms with Gasteiger partial charge in [-0.25, -0.2) is 0 Å². The van der Waals surface area contributed by atoms with Crippen LogP contribution in [0.2, 0.25) is 0 Å². The number of ether oxygens (including phenoxy) is 2. The van der Waals surface area contributed by atoms with Gasteiger partial charge in [-0.1, -0.05) is 0 Å². The standard InChI is InChI=1S/C12H15BrN2O3.ClH/c1-7(6-14)15-12(16)8-4-9(13)11-10(5-8)17-2-3-18-11;/h4-5,7H,2-3,6,14H2,1H3,(H,15,16);1H/t7-;/m0./s1. The van der Waals surface area contributed by atoms with Crippen molar-refractivity contribution in [2.24, 2.45) is 5.73 Å². The molecule has 0 aliphatic carbocycles. The maximum absolute atomic E-state index is 12.0. The van der Waals surface area contributed by atoms with E-state index in [-0.39, 0.29) is 24.4 Å². The lowest BCUT2D eigenvalue weighted by Crippen LogP contribution is -2.37. The van der Waals surface area contributed by atoms with Crippen molar-refractivity contribution in [3.63, 3.8) is 0 Å². The molecule has 7 heteroatoms. The molecule has 0 radical (unpaired) electrons. The van der Waals surface area contributed by atoms with Crippen LogP contribution in [-0.2, 0) is 0 Å². The summed E-state index contributed by atoms with van der Waals surface area (Å²) in [7, 11) is 0. The highest BCUT2D eigenvalue weighted by Gasteiger charge is 2.19. The topological polar surface area (TPSA) is 73.6 Å². The summed E-state index contributed by atoms with van der Waals surface area (Å²) in [5, 5.41) is 2.80. The van der Waals surface area contributed by atoms with Crippen LogP contribution in [0.3, 0.4) is 0 Å². The average Bonchev–Trinajstić information content (AvgIpc) is 2.38. The number of carbonyl (C=O) groups excluding carboxylic acids is 1. The molecule has 2 rings (SSSR count). The SMILES string of the molecule is C[C@@H](CN)NC(=O)c1cc(Br)c2c(c1)OCCO2.Cl. The molecule has 0 fully saturated rings. The van der Waals surface area contributed by atoms with Crippen molar-refractivity contribution in [2.75, 3.05) is 19.8 Å². The second kappa shape index (κ2) is 6.98. The Balaban J connectivity index is 0.00000180. The van der Waals surface area contributed by atoms with Gasteiger partial charge in [0.2, 0.25) is 0 Å². The van der Waals surface area contributed by atoms with Gasteiger partial charge in [-0.2, -0.15) is 0 Å². The number of hydrogen-bond donors (Lipinski definition) is 2. The Morgan fingerprint density at radius 1 is 1.47 bits per heavy atom. The molecule has 0 unspecified atom stereocenters. The molecule has 1 aliphatic rings. The van der Waals surface area contributed by atoms with Crippen LogP contribution < -0.4 is 20.5 Å². The third-order valence-electron chi connectivity index (χ3n) is 2.59. The number of halogens is 2. The molecule has 0 saturated heterocycles. The predicted molar refractivity (Wildman–Crippen MR) is 78.4 cm³/mol. The molecule has 1 aromatic rings. The van der Waals surface area contributed by atoms with Gasteiger partial charge in [0, 0.05) is 18.2 Å². The first-order chi connectivity index (χ1) is 8.61. The maximum Gasteiger partial charge on any atom is 0.251 e. The van der Waals surface area contributed by atoms with Crippen LogP contribution >= 0.6 is 28.3 Å². The molecule has 1 aliphatic heterocycles. The summed E-state index contributed by atoms with van der Waals surface area (Å²) in [6, 6.07) is 3.33. The van der Waals surface area contributed by atoms with Crippen LogP contribution in [0.5, 0.6) is 11.5 Å². The quantitative estimate of drug-likeness (QED) is 0.869. The minimum absolute atomic E-state index is 0. The fraction of sp³-hybridized carbons (Fsp3) is 0.417. The Bertz CT molecular complexity index is 471. The number of nitrogens with one attached hydrogen (secondary N) is 1. The molecule has 106 valence electrons. The molecular formula is C12H16BrClN2O3. The lowest BCUT2D eigenvalue weighted by Gasteiger charge is -2.20. The number of amides is 1. The highest BCUT2D eigenvalue weighted by Crippen LogP contribution is 2.38. The second-order valence-corrected chi connectivity index (χ2v) is 4.95. The molecule has 0 bridgehead atoms. The van der Waals surface area contributed by atoms with E-state index in [1.54, 1.807) is 12.1 Å². The minimum atomic E-state index is -0.175. The smallest absolute Gasteiger partial charge is 0.251 e. The normalized spacial score (nSPS) is 14.3. The molecule has 3 N–H and O–H groups in total. The molecule has 1 amide bonds. The number of benzene rings is 1. The number of rotatable bonds is 3. The monoisotopic (exact) mass is 350 g/mol. The lowest BCUT2D eigenvalue weighted by molar-refractivity contribution is 0.0940. The van der Waals surface area contributed by atoms with Crippen molar-refractivity contribution in [1.29, 1.82) is 0 Å². The fourth-order valence-electron chi connectivity index (χ4n) is 1.61. The Hall–Kier alpha value is -0.980. The summed E-state index contributed by atoms with van der Waals surface area (Å²) >= 11 is 3.37. The van der Waals surface area contributed by atoms with Crippen LogP contribution in [0.25, 0.3) is 0 Å². The van der Waals surface area contributed by atoms with Gasteiger partial charge in [-0.3, -0.25) is 4.79 Å². The Kier molecular flexibility index (Phi) is 5.90. The summed E-state index contributed by atoms with van der Waals surface area (Å²) in [6.45, 7) is 3.26. The van der Waals surface area contributed by atoms with Gasteiger partial charge in [0.1, 0.15) is 13.2 Å². The zero-order chi connectivity index (χ0) is 13.1. The van der Waals surface area contributed by atoms with Gasteiger partial charge in [-0.15, -0.1) is 12.4 Å². The van der Waals surface area contributed by atoms with E-state index in [0.717, 1.165) is 0 Å². The zero-order valence-corrected chi connectivity index (χ0v) is 12.8. The van der Waals surface area contributed by atoms with E-state index in [1.165, 1.54) is 0 Å². The van der Waals surface area contributed by atoms with Crippen molar-refractivity contribution < 1.29 is 14.3 Å². The van der Waals surface area contributed by atoms with E-state index in [4.69, 9.17) is 15.2 Å². The third-order valence-corrected chi connectivity index (χ3v) is 3.18. The minimum Gasteiger partial charge on any atom is -0.486 e. The van der Waals surface area contributed by atoms with Crippen LogP contribution in [0.1, 0.15) is 17.3 Å². The highest BCUT2D eigenvalue weighted by atomic mass is 79.9. The van der Waals surface area contributed by atoms with E-state index in [0.29, 0.717) is 41.3 Å². The van der Waals surface area contributed by atoms with Crippen molar-refractivity contribution >= 4 is 34.2 Å². The summed E-state index contributed by atoms with van der Waals surface area (Å²) in [5.41, 5.74) is 5.99. The van der Waals surface area contributed by atoms with Crippen molar-refractivity contribution in [3.8, 4) is 11.5 Å².